The summed E-state index contributed by atoms with van der Waals surface area (Å²) in [6.45, 7) is 10.6. The fourth-order valence-corrected chi connectivity index (χ4v) is 4.24. The number of hydrogen-bond donors (Lipinski definition) is 1. The maximum Gasteiger partial charge on any atom is 0.309 e. The van der Waals surface area contributed by atoms with Gasteiger partial charge >= 0.3 is 5.97 Å². The fourth-order valence-electron chi connectivity index (χ4n) is 4.24. The number of piperazine rings is 1. The van der Waals surface area contributed by atoms with Gasteiger partial charge in [0.25, 0.3) is 0 Å². The van der Waals surface area contributed by atoms with Crippen molar-refractivity contribution >= 4 is 5.97 Å². The highest BCUT2D eigenvalue weighted by molar-refractivity contribution is 5.70. The van der Waals surface area contributed by atoms with Gasteiger partial charge in [-0.1, -0.05) is 29.3 Å². The Morgan fingerprint density at radius 3 is 2.46 bits per heavy atom. The van der Waals surface area contributed by atoms with Crippen molar-refractivity contribution in [2.75, 3.05) is 46.3 Å². The lowest BCUT2D eigenvalue weighted by molar-refractivity contribution is -0.142. The van der Waals surface area contributed by atoms with Crippen LogP contribution in [-0.2, 0) is 11.3 Å². The second-order valence-corrected chi connectivity index (χ2v) is 7.64. The first-order chi connectivity index (χ1) is 11.4. The van der Waals surface area contributed by atoms with Crippen LogP contribution in [0.15, 0.2) is 18.2 Å². The molecule has 5 nitrogen and oxygen atoms in total. The topological polar surface area (TPSA) is 47.0 Å². The predicted octanol–water partition coefficient (Wildman–Crippen LogP) is 1.44. The van der Waals surface area contributed by atoms with Gasteiger partial charge in [0.15, 0.2) is 0 Å². The first kappa shape index (κ1) is 17.4. The van der Waals surface area contributed by atoms with E-state index in [9.17, 15) is 9.90 Å². The average molecular weight is 331 g/mol. The van der Waals surface area contributed by atoms with E-state index >= 15 is 0 Å². The van der Waals surface area contributed by atoms with Gasteiger partial charge in [-0.2, -0.15) is 0 Å². The normalized spacial score (nSPS) is 26.8. The number of carboxylic acid groups (broad SMARTS) is 1. The molecule has 2 atom stereocenters. The number of benzene rings is 1. The molecule has 2 aliphatic rings. The van der Waals surface area contributed by atoms with Gasteiger partial charge in [0.1, 0.15) is 0 Å². The van der Waals surface area contributed by atoms with Crippen molar-refractivity contribution < 1.29 is 9.90 Å². The van der Waals surface area contributed by atoms with Crippen molar-refractivity contribution in [1.82, 2.24) is 14.7 Å². The van der Waals surface area contributed by atoms with E-state index in [4.69, 9.17) is 0 Å². The van der Waals surface area contributed by atoms with Gasteiger partial charge < -0.3 is 10.0 Å². The maximum atomic E-state index is 11.4. The van der Waals surface area contributed by atoms with Crippen LogP contribution in [0.5, 0.6) is 0 Å². The van der Waals surface area contributed by atoms with E-state index in [0.717, 1.165) is 32.7 Å². The molecular weight excluding hydrogens is 302 g/mol. The summed E-state index contributed by atoms with van der Waals surface area (Å²) in [6.07, 6.45) is 0. The molecule has 24 heavy (non-hydrogen) atoms. The van der Waals surface area contributed by atoms with E-state index in [1.807, 2.05) is 7.05 Å². The molecule has 3 rings (SSSR count). The Bertz CT molecular complexity index is 584. The van der Waals surface area contributed by atoms with Crippen LogP contribution < -0.4 is 0 Å². The largest absolute Gasteiger partial charge is 0.481 e. The standard InChI is InChI=1S/C19H29N3O2/c1-14-6-15(2)8-16(7-14)9-21-4-5-22-11-17(19(23)24)10-20(3)12-18(22)13-21/h6-8,17-18H,4-5,9-13H2,1-3H3,(H,23,24). The minimum atomic E-state index is -0.667. The summed E-state index contributed by atoms with van der Waals surface area (Å²) in [5, 5.41) is 9.41. The van der Waals surface area contributed by atoms with Gasteiger partial charge in [-0.05, 0) is 26.5 Å². The lowest BCUT2D eigenvalue weighted by Crippen LogP contribution is -2.55. The van der Waals surface area contributed by atoms with E-state index < -0.39 is 5.97 Å². The SMILES string of the molecule is Cc1cc(C)cc(CN2CCN3CC(C(=O)O)CN(C)CC3C2)c1. The van der Waals surface area contributed by atoms with Crippen molar-refractivity contribution in [3.63, 3.8) is 0 Å². The summed E-state index contributed by atoms with van der Waals surface area (Å²) in [6, 6.07) is 7.20. The molecule has 2 unspecified atom stereocenters. The lowest BCUT2D eigenvalue weighted by atomic mass is 10.1. The van der Waals surface area contributed by atoms with Crippen LogP contribution in [0.25, 0.3) is 0 Å². The number of aryl methyl sites for hydroxylation is 2. The Hall–Kier alpha value is -1.43. The number of carboxylic acids is 1. The molecule has 0 aromatic heterocycles. The van der Waals surface area contributed by atoms with Gasteiger partial charge in [0.05, 0.1) is 5.92 Å². The molecule has 2 aliphatic heterocycles. The van der Waals surface area contributed by atoms with E-state index in [1.165, 1.54) is 16.7 Å². The molecule has 0 amide bonds. The first-order valence-electron chi connectivity index (χ1n) is 8.85. The molecule has 0 saturated carbocycles. The number of fused-ring (bicyclic) bond motifs is 1. The average Bonchev–Trinajstić information content (AvgIpc) is 2.63. The van der Waals surface area contributed by atoms with Crippen molar-refractivity contribution in [3.8, 4) is 0 Å². The Morgan fingerprint density at radius 2 is 1.79 bits per heavy atom. The molecule has 5 heteroatoms. The van der Waals surface area contributed by atoms with E-state index in [0.29, 0.717) is 19.1 Å². The highest BCUT2D eigenvalue weighted by Crippen LogP contribution is 2.20. The van der Waals surface area contributed by atoms with Crippen LogP contribution in [-0.4, -0.2) is 78.1 Å². The zero-order valence-corrected chi connectivity index (χ0v) is 15.0. The minimum Gasteiger partial charge on any atom is -0.481 e. The third-order valence-electron chi connectivity index (χ3n) is 5.24. The smallest absolute Gasteiger partial charge is 0.309 e. The zero-order chi connectivity index (χ0) is 17.3. The predicted molar refractivity (Wildman–Crippen MR) is 95.2 cm³/mol. The third kappa shape index (κ3) is 4.15. The summed E-state index contributed by atoms with van der Waals surface area (Å²) in [4.78, 5) is 18.5. The van der Waals surface area contributed by atoms with Crippen LogP contribution >= 0.6 is 0 Å². The molecule has 0 bridgehead atoms. The number of hydrogen-bond acceptors (Lipinski definition) is 4. The Morgan fingerprint density at radius 1 is 1.08 bits per heavy atom. The molecule has 0 spiro atoms. The van der Waals surface area contributed by atoms with Crippen molar-refractivity contribution in [3.05, 3.63) is 34.9 Å². The number of aliphatic carboxylic acids is 1. The molecule has 2 heterocycles. The number of rotatable bonds is 3. The molecule has 0 aliphatic carbocycles. The molecule has 2 saturated heterocycles. The van der Waals surface area contributed by atoms with Gasteiger partial charge in [-0.25, -0.2) is 0 Å². The van der Waals surface area contributed by atoms with Crippen LogP contribution in [0.2, 0.25) is 0 Å². The van der Waals surface area contributed by atoms with Gasteiger partial charge in [-0.15, -0.1) is 0 Å². The molecule has 1 aromatic rings. The van der Waals surface area contributed by atoms with E-state index in [2.05, 4.69) is 46.7 Å². The molecule has 132 valence electrons. The van der Waals surface area contributed by atoms with Crippen LogP contribution in [0.4, 0.5) is 0 Å². The fraction of sp³-hybridized carbons (Fsp3) is 0.632. The molecular formula is C19H29N3O2. The Kier molecular flexibility index (Phi) is 5.23. The summed E-state index contributed by atoms with van der Waals surface area (Å²) in [7, 11) is 2.04. The third-order valence-corrected chi connectivity index (χ3v) is 5.24. The van der Waals surface area contributed by atoms with E-state index in [1.54, 1.807) is 0 Å². The van der Waals surface area contributed by atoms with Crippen molar-refractivity contribution in [2.45, 2.75) is 26.4 Å². The Labute approximate surface area is 144 Å². The second kappa shape index (κ2) is 7.21. The van der Waals surface area contributed by atoms with Crippen LogP contribution in [0, 0.1) is 19.8 Å². The minimum absolute atomic E-state index is 0.272. The summed E-state index contributed by atoms with van der Waals surface area (Å²) in [5.74, 6) is -0.939. The molecule has 1 N–H and O–H groups in total. The lowest BCUT2D eigenvalue weighted by Gasteiger charge is -2.41. The highest BCUT2D eigenvalue weighted by Gasteiger charge is 2.35. The first-order valence-corrected chi connectivity index (χ1v) is 8.85. The molecule has 1 aromatic carbocycles. The quantitative estimate of drug-likeness (QED) is 0.908. The highest BCUT2D eigenvalue weighted by atomic mass is 16.4. The summed E-state index contributed by atoms with van der Waals surface area (Å²) >= 11 is 0. The van der Waals surface area contributed by atoms with Gasteiger partial charge in [0.2, 0.25) is 0 Å². The van der Waals surface area contributed by atoms with Crippen LogP contribution in [0.1, 0.15) is 16.7 Å². The maximum absolute atomic E-state index is 11.4. The van der Waals surface area contributed by atoms with Gasteiger partial charge in [0, 0.05) is 51.9 Å². The number of likely N-dealkylation sites (N-methyl/N-ethyl adjacent to an activating group) is 1. The summed E-state index contributed by atoms with van der Waals surface area (Å²) in [5.41, 5.74) is 4.02. The number of nitrogens with zero attached hydrogens (tertiary/aromatic N) is 3. The van der Waals surface area contributed by atoms with Crippen LogP contribution in [0.3, 0.4) is 0 Å². The monoisotopic (exact) mass is 331 g/mol. The molecule has 0 radical (unpaired) electrons. The van der Waals surface area contributed by atoms with Gasteiger partial charge in [-0.3, -0.25) is 14.6 Å². The molecule has 2 fully saturated rings. The number of carbonyl (C=O) groups is 1. The zero-order valence-electron chi connectivity index (χ0n) is 15.0. The second-order valence-electron chi connectivity index (χ2n) is 7.64. The van der Waals surface area contributed by atoms with Crippen molar-refractivity contribution in [2.24, 2.45) is 5.92 Å². The van der Waals surface area contributed by atoms with E-state index in [-0.39, 0.29) is 5.92 Å². The van der Waals surface area contributed by atoms with Crippen molar-refractivity contribution in [1.29, 1.82) is 0 Å². The Balaban J connectivity index is 1.66. The summed E-state index contributed by atoms with van der Waals surface area (Å²) < 4.78 is 0.